The summed E-state index contributed by atoms with van der Waals surface area (Å²) < 4.78 is 6.01. The van der Waals surface area contributed by atoms with Gasteiger partial charge in [0.25, 0.3) is 5.91 Å². The number of halogens is 2. The zero-order valence-corrected chi connectivity index (χ0v) is 13.6. The average molecular weight is 384 g/mol. The third kappa shape index (κ3) is 5.05. The van der Waals surface area contributed by atoms with Crippen LogP contribution in [0.4, 0.5) is 0 Å². The van der Waals surface area contributed by atoms with Crippen LogP contribution in [0.3, 0.4) is 0 Å². The first-order chi connectivity index (χ1) is 10.5. The minimum absolute atomic E-state index is 0.131. The quantitative estimate of drug-likeness (QED) is 0.614. The van der Waals surface area contributed by atoms with Crippen LogP contribution >= 0.6 is 27.5 Å². The zero-order valence-electron chi connectivity index (χ0n) is 11.3. The van der Waals surface area contributed by atoms with Gasteiger partial charge in [-0.05, 0) is 51.8 Å². The maximum atomic E-state index is 11.6. The van der Waals surface area contributed by atoms with Crippen molar-refractivity contribution in [1.82, 2.24) is 5.43 Å². The van der Waals surface area contributed by atoms with E-state index in [2.05, 4.69) is 26.5 Å². The summed E-state index contributed by atoms with van der Waals surface area (Å²) in [6, 6.07) is 11.5. The number of phenols is 1. The Hall–Kier alpha value is -2.05. The first kappa shape index (κ1) is 16.3. The molecule has 0 aliphatic heterocycles. The maximum Gasteiger partial charge on any atom is 0.277 e. The van der Waals surface area contributed by atoms with Gasteiger partial charge in [-0.3, -0.25) is 4.79 Å². The van der Waals surface area contributed by atoms with Gasteiger partial charge in [-0.2, -0.15) is 5.10 Å². The first-order valence-electron chi connectivity index (χ1n) is 6.23. The van der Waals surface area contributed by atoms with Crippen molar-refractivity contribution in [2.24, 2.45) is 5.10 Å². The summed E-state index contributed by atoms with van der Waals surface area (Å²) >= 11 is 9.11. The number of rotatable bonds is 5. The molecule has 0 heterocycles. The van der Waals surface area contributed by atoms with Gasteiger partial charge in [0.2, 0.25) is 0 Å². The number of carbonyl (C=O) groups is 1. The largest absolute Gasteiger partial charge is 0.508 e. The van der Waals surface area contributed by atoms with Crippen LogP contribution in [-0.4, -0.2) is 23.8 Å². The Morgan fingerprint density at radius 1 is 1.36 bits per heavy atom. The molecule has 0 fully saturated rings. The van der Waals surface area contributed by atoms with Gasteiger partial charge >= 0.3 is 0 Å². The van der Waals surface area contributed by atoms with Crippen LogP contribution in [0.5, 0.6) is 11.5 Å². The topological polar surface area (TPSA) is 70.9 Å². The second-order valence-electron chi connectivity index (χ2n) is 4.25. The lowest BCUT2D eigenvalue weighted by atomic mass is 10.2. The number of hydrazone groups is 1. The molecule has 114 valence electrons. The molecular formula is C15H12BrClN2O3. The molecule has 0 unspecified atom stereocenters. The predicted octanol–water partition coefficient (Wildman–Crippen LogP) is 3.34. The van der Waals surface area contributed by atoms with Crippen LogP contribution in [0.25, 0.3) is 0 Å². The molecule has 22 heavy (non-hydrogen) atoms. The Balaban J connectivity index is 1.83. The zero-order chi connectivity index (χ0) is 15.9. The summed E-state index contributed by atoms with van der Waals surface area (Å²) in [5.41, 5.74) is 3.00. The molecule has 0 saturated carbocycles. The fraction of sp³-hybridized carbons (Fsp3) is 0.0667. The average Bonchev–Trinajstić information content (AvgIpc) is 2.46. The molecule has 0 aliphatic rings. The van der Waals surface area contributed by atoms with Crippen molar-refractivity contribution in [3.05, 3.63) is 57.5 Å². The summed E-state index contributed by atoms with van der Waals surface area (Å²) in [4.78, 5) is 11.6. The summed E-state index contributed by atoms with van der Waals surface area (Å²) in [5.74, 6) is 0.237. The lowest BCUT2D eigenvalue weighted by Gasteiger charge is -2.07. The summed E-state index contributed by atoms with van der Waals surface area (Å²) in [7, 11) is 0. The lowest BCUT2D eigenvalue weighted by Crippen LogP contribution is -2.24. The fourth-order valence-corrected chi connectivity index (χ4v) is 2.35. The van der Waals surface area contributed by atoms with Crippen molar-refractivity contribution >= 4 is 39.7 Å². The Labute approximate surface area is 140 Å². The van der Waals surface area contributed by atoms with Gasteiger partial charge < -0.3 is 9.84 Å². The molecule has 0 saturated heterocycles. The monoisotopic (exact) mass is 382 g/mol. The molecule has 0 bridgehead atoms. The van der Waals surface area contributed by atoms with Gasteiger partial charge in [0.05, 0.1) is 10.7 Å². The van der Waals surface area contributed by atoms with Crippen LogP contribution in [0, 0.1) is 0 Å². The van der Waals surface area contributed by atoms with Crippen molar-refractivity contribution < 1.29 is 14.6 Å². The number of carbonyl (C=O) groups excluding carboxylic acids is 1. The van der Waals surface area contributed by atoms with Crippen LogP contribution in [0.2, 0.25) is 5.02 Å². The third-order valence-electron chi connectivity index (χ3n) is 2.53. The van der Waals surface area contributed by atoms with Crippen LogP contribution in [-0.2, 0) is 4.79 Å². The molecule has 5 nitrogen and oxygen atoms in total. The summed E-state index contributed by atoms with van der Waals surface area (Å²) in [6.07, 6.45) is 1.43. The van der Waals surface area contributed by atoms with E-state index in [9.17, 15) is 9.90 Å². The van der Waals surface area contributed by atoms with E-state index < -0.39 is 5.91 Å². The van der Waals surface area contributed by atoms with Crippen molar-refractivity contribution in [3.63, 3.8) is 0 Å². The molecule has 0 aliphatic carbocycles. The van der Waals surface area contributed by atoms with Crippen molar-refractivity contribution in [3.8, 4) is 11.5 Å². The number of hydrogen-bond donors (Lipinski definition) is 2. The number of nitrogens with zero attached hydrogens (tertiary/aromatic N) is 1. The molecule has 2 aromatic carbocycles. The molecule has 2 N–H and O–H groups in total. The molecule has 1 amide bonds. The second kappa shape index (κ2) is 7.82. The van der Waals surface area contributed by atoms with E-state index in [1.165, 1.54) is 12.3 Å². The van der Waals surface area contributed by atoms with Gasteiger partial charge in [0.1, 0.15) is 11.5 Å². The highest BCUT2D eigenvalue weighted by molar-refractivity contribution is 9.10. The highest BCUT2D eigenvalue weighted by Crippen LogP contribution is 2.27. The van der Waals surface area contributed by atoms with Gasteiger partial charge in [0.15, 0.2) is 6.61 Å². The molecule has 0 aromatic heterocycles. The molecule has 0 spiro atoms. The highest BCUT2D eigenvalue weighted by Gasteiger charge is 2.05. The Morgan fingerprint density at radius 2 is 2.18 bits per heavy atom. The number of aromatic hydroxyl groups is 1. The van der Waals surface area contributed by atoms with E-state index in [1.54, 1.807) is 36.4 Å². The van der Waals surface area contributed by atoms with Gasteiger partial charge in [-0.25, -0.2) is 5.43 Å². The van der Waals surface area contributed by atoms with E-state index in [0.29, 0.717) is 20.8 Å². The predicted molar refractivity (Wildman–Crippen MR) is 88.5 cm³/mol. The van der Waals surface area contributed by atoms with Crippen molar-refractivity contribution in [2.75, 3.05) is 6.61 Å². The van der Waals surface area contributed by atoms with Crippen LogP contribution in [0.15, 0.2) is 52.0 Å². The van der Waals surface area contributed by atoms with Gasteiger partial charge in [-0.15, -0.1) is 0 Å². The van der Waals surface area contributed by atoms with E-state index in [4.69, 9.17) is 16.3 Å². The number of nitrogens with one attached hydrogen (secondary N) is 1. The highest BCUT2D eigenvalue weighted by atomic mass is 79.9. The van der Waals surface area contributed by atoms with E-state index in [1.807, 2.05) is 0 Å². The van der Waals surface area contributed by atoms with Gasteiger partial charge in [-0.1, -0.05) is 23.7 Å². The summed E-state index contributed by atoms with van der Waals surface area (Å²) in [6.45, 7) is -0.183. The SMILES string of the molecule is O=C(COc1ccc(Cl)cc1Br)N/N=C/c1cccc(O)c1. The molecule has 0 atom stereocenters. The number of amides is 1. The fourth-order valence-electron chi connectivity index (χ4n) is 1.55. The normalized spacial score (nSPS) is 10.6. The molecule has 2 aromatic rings. The number of phenolic OH excluding ortho intramolecular Hbond substituents is 1. The smallest absolute Gasteiger partial charge is 0.277 e. The van der Waals surface area contributed by atoms with Crippen molar-refractivity contribution in [1.29, 1.82) is 0 Å². The Morgan fingerprint density at radius 3 is 2.91 bits per heavy atom. The van der Waals surface area contributed by atoms with E-state index in [0.717, 1.165) is 0 Å². The van der Waals surface area contributed by atoms with Crippen molar-refractivity contribution in [2.45, 2.75) is 0 Å². The minimum Gasteiger partial charge on any atom is -0.508 e. The third-order valence-corrected chi connectivity index (χ3v) is 3.38. The molecule has 2 rings (SSSR count). The lowest BCUT2D eigenvalue weighted by molar-refractivity contribution is -0.123. The first-order valence-corrected chi connectivity index (χ1v) is 7.40. The van der Waals surface area contributed by atoms with E-state index >= 15 is 0 Å². The summed E-state index contributed by atoms with van der Waals surface area (Å²) in [5, 5.41) is 13.6. The number of hydrogen-bond acceptors (Lipinski definition) is 4. The van der Waals surface area contributed by atoms with Crippen LogP contribution in [0.1, 0.15) is 5.56 Å². The Bertz CT molecular complexity index is 707. The minimum atomic E-state index is -0.404. The second-order valence-corrected chi connectivity index (χ2v) is 5.54. The molecule has 7 heteroatoms. The van der Waals surface area contributed by atoms with E-state index in [-0.39, 0.29) is 12.4 Å². The molecular weight excluding hydrogens is 372 g/mol. The number of ether oxygens (including phenoxy) is 1. The maximum absolute atomic E-state index is 11.6. The Kier molecular flexibility index (Phi) is 5.80. The number of benzene rings is 2. The standard InChI is InChI=1S/C15H12BrClN2O3/c16-13-7-11(17)4-5-14(13)22-9-15(21)19-18-8-10-2-1-3-12(20)6-10/h1-8,20H,9H2,(H,19,21)/b18-8+. The molecule has 0 radical (unpaired) electrons. The van der Waals surface area contributed by atoms with Gasteiger partial charge in [0, 0.05) is 5.02 Å². The van der Waals surface area contributed by atoms with Crippen LogP contribution < -0.4 is 10.2 Å².